The van der Waals surface area contributed by atoms with Gasteiger partial charge in [0.15, 0.2) is 5.76 Å². The number of hydrogen-bond acceptors (Lipinski definition) is 3. The maximum Gasteiger partial charge on any atom is 0.292 e. The monoisotopic (exact) mass is 424 g/mol. The molecule has 0 unspecified atom stereocenters. The highest BCUT2D eigenvalue weighted by Gasteiger charge is 2.13. The average Bonchev–Trinajstić information content (AvgIpc) is 3.00. The predicted octanol–water partition coefficient (Wildman–Crippen LogP) is 4.85. The lowest BCUT2D eigenvalue weighted by atomic mass is 10.2. The summed E-state index contributed by atoms with van der Waals surface area (Å²) in [6.45, 7) is 0. The molecule has 0 aliphatic carbocycles. The Morgan fingerprint density at radius 2 is 1.86 bits per heavy atom. The van der Waals surface area contributed by atoms with Crippen LogP contribution in [0.2, 0.25) is 5.02 Å². The lowest BCUT2D eigenvalue weighted by Gasteiger charge is -2.02. The fraction of sp³-hybridized carbons (Fsp3) is 0. The van der Waals surface area contributed by atoms with Crippen molar-refractivity contribution in [1.29, 1.82) is 0 Å². The summed E-state index contributed by atoms with van der Waals surface area (Å²) in [4.78, 5) is 16.3. The van der Waals surface area contributed by atoms with Crippen LogP contribution in [0.4, 0.5) is 5.82 Å². The van der Waals surface area contributed by atoms with E-state index in [2.05, 4.69) is 32.9 Å². The molecule has 0 fully saturated rings. The maximum absolute atomic E-state index is 12.1. The minimum Gasteiger partial charge on any atom is -0.451 e. The summed E-state index contributed by atoms with van der Waals surface area (Å²) in [6, 6.07) is 14.2. The second-order valence-corrected chi connectivity index (χ2v) is 6.17. The van der Waals surface area contributed by atoms with Crippen molar-refractivity contribution in [2.45, 2.75) is 0 Å². The molecule has 2 aromatic heterocycles. The number of halogens is 2. The molecule has 3 rings (SSSR count). The highest BCUT2D eigenvalue weighted by atomic mass is 127. The summed E-state index contributed by atoms with van der Waals surface area (Å²) in [5.74, 6) is 0.978. The van der Waals surface area contributed by atoms with Gasteiger partial charge in [0.1, 0.15) is 11.6 Å². The van der Waals surface area contributed by atoms with Crippen molar-refractivity contribution in [3.05, 3.63) is 69.1 Å². The largest absolute Gasteiger partial charge is 0.451 e. The van der Waals surface area contributed by atoms with Crippen molar-refractivity contribution < 1.29 is 9.21 Å². The minimum absolute atomic E-state index is 0.227. The van der Waals surface area contributed by atoms with Gasteiger partial charge in [-0.15, -0.1) is 0 Å². The van der Waals surface area contributed by atoms with E-state index in [9.17, 15) is 4.79 Å². The van der Waals surface area contributed by atoms with Gasteiger partial charge in [-0.05, 0) is 71.1 Å². The Labute approximate surface area is 145 Å². The van der Waals surface area contributed by atoms with Crippen LogP contribution in [0, 0.1) is 3.57 Å². The van der Waals surface area contributed by atoms with E-state index in [0.717, 1.165) is 9.13 Å². The third-order valence-electron chi connectivity index (χ3n) is 2.93. The molecule has 6 heteroatoms. The molecule has 22 heavy (non-hydrogen) atoms. The molecule has 4 nitrogen and oxygen atoms in total. The molecule has 1 amide bonds. The van der Waals surface area contributed by atoms with E-state index in [1.165, 1.54) is 0 Å². The Morgan fingerprint density at radius 3 is 2.55 bits per heavy atom. The first-order valence-corrected chi connectivity index (χ1v) is 7.86. The lowest BCUT2D eigenvalue weighted by Crippen LogP contribution is -2.11. The number of anilines is 1. The Hall–Kier alpha value is -1.86. The standard InChI is InChI=1S/C16H10ClIN2O2/c17-11-3-1-10(2-4-11)13-6-7-14(22-13)16(21)20-15-8-5-12(18)9-19-15/h1-9H,(H,19,20,21). The van der Waals surface area contributed by atoms with Gasteiger partial charge in [-0.1, -0.05) is 11.6 Å². The number of hydrogen-bond donors (Lipinski definition) is 1. The second-order valence-electron chi connectivity index (χ2n) is 4.49. The summed E-state index contributed by atoms with van der Waals surface area (Å²) in [5, 5.41) is 3.34. The molecule has 1 aromatic carbocycles. The zero-order valence-electron chi connectivity index (χ0n) is 11.2. The first-order chi connectivity index (χ1) is 10.6. The Kier molecular flexibility index (Phi) is 4.44. The molecule has 0 spiro atoms. The van der Waals surface area contributed by atoms with Crippen LogP contribution in [0.1, 0.15) is 10.6 Å². The van der Waals surface area contributed by atoms with Gasteiger partial charge in [0, 0.05) is 20.4 Å². The van der Waals surface area contributed by atoms with E-state index in [0.29, 0.717) is 16.6 Å². The van der Waals surface area contributed by atoms with E-state index in [1.54, 1.807) is 36.5 Å². The van der Waals surface area contributed by atoms with Gasteiger partial charge in [-0.25, -0.2) is 4.98 Å². The van der Waals surface area contributed by atoms with E-state index >= 15 is 0 Å². The SMILES string of the molecule is O=C(Nc1ccc(I)cn1)c1ccc(-c2ccc(Cl)cc2)o1. The van der Waals surface area contributed by atoms with Crippen molar-refractivity contribution in [3.63, 3.8) is 0 Å². The summed E-state index contributed by atoms with van der Waals surface area (Å²) >= 11 is 8.00. The van der Waals surface area contributed by atoms with Crippen LogP contribution >= 0.6 is 34.2 Å². The summed E-state index contributed by atoms with van der Waals surface area (Å²) < 4.78 is 6.58. The first-order valence-electron chi connectivity index (χ1n) is 6.40. The molecule has 110 valence electrons. The van der Waals surface area contributed by atoms with Crippen molar-refractivity contribution in [3.8, 4) is 11.3 Å². The van der Waals surface area contributed by atoms with Crippen molar-refractivity contribution in [2.24, 2.45) is 0 Å². The predicted molar refractivity (Wildman–Crippen MR) is 94.1 cm³/mol. The number of benzene rings is 1. The van der Waals surface area contributed by atoms with E-state index in [1.807, 2.05) is 18.2 Å². The maximum atomic E-state index is 12.1. The van der Waals surface area contributed by atoms with E-state index < -0.39 is 0 Å². The van der Waals surface area contributed by atoms with Gasteiger partial charge >= 0.3 is 0 Å². The van der Waals surface area contributed by atoms with Gasteiger partial charge in [0.25, 0.3) is 5.91 Å². The van der Waals surface area contributed by atoms with Crippen LogP contribution in [-0.2, 0) is 0 Å². The summed E-state index contributed by atoms with van der Waals surface area (Å²) in [6.07, 6.45) is 1.68. The van der Waals surface area contributed by atoms with Crippen LogP contribution in [0.25, 0.3) is 11.3 Å². The van der Waals surface area contributed by atoms with Crippen LogP contribution in [0.3, 0.4) is 0 Å². The molecule has 1 N–H and O–H groups in total. The summed E-state index contributed by atoms with van der Waals surface area (Å²) in [5.41, 5.74) is 0.857. The van der Waals surface area contributed by atoms with Crippen LogP contribution < -0.4 is 5.32 Å². The Balaban J connectivity index is 1.76. The lowest BCUT2D eigenvalue weighted by molar-refractivity contribution is 0.0997. The van der Waals surface area contributed by atoms with Gasteiger partial charge in [-0.2, -0.15) is 0 Å². The second kappa shape index (κ2) is 6.50. The number of nitrogens with one attached hydrogen (secondary N) is 1. The van der Waals surface area contributed by atoms with E-state index in [4.69, 9.17) is 16.0 Å². The van der Waals surface area contributed by atoms with Crippen molar-refractivity contribution in [2.75, 3.05) is 5.32 Å². The summed E-state index contributed by atoms with van der Waals surface area (Å²) in [7, 11) is 0. The van der Waals surface area contributed by atoms with Crippen LogP contribution in [0.5, 0.6) is 0 Å². The molecule has 0 aliphatic heterocycles. The zero-order valence-corrected chi connectivity index (χ0v) is 14.1. The molecule has 0 radical (unpaired) electrons. The van der Waals surface area contributed by atoms with Gasteiger partial charge < -0.3 is 9.73 Å². The normalized spacial score (nSPS) is 10.5. The third kappa shape index (κ3) is 3.48. The van der Waals surface area contributed by atoms with Gasteiger partial charge in [0.05, 0.1) is 0 Å². The number of carbonyl (C=O) groups excluding carboxylic acids is 1. The molecule has 3 aromatic rings. The molecule has 0 bridgehead atoms. The van der Waals surface area contributed by atoms with Gasteiger partial charge in [-0.3, -0.25) is 4.79 Å². The van der Waals surface area contributed by atoms with Gasteiger partial charge in [0.2, 0.25) is 0 Å². The molecule has 0 atom stereocenters. The number of pyridine rings is 1. The van der Waals surface area contributed by atoms with Crippen LogP contribution in [0.15, 0.2) is 59.1 Å². The smallest absolute Gasteiger partial charge is 0.292 e. The number of furan rings is 1. The topological polar surface area (TPSA) is 55.1 Å². The highest BCUT2D eigenvalue weighted by molar-refractivity contribution is 14.1. The Bertz CT molecular complexity index is 798. The highest BCUT2D eigenvalue weighted by Crippen LogP contribution is 2.24. The van der Waals surface area contributed by atoms with Crippen molar-refractivity contribution in [1.82, 2.24) is 4.98 Å². The first kappa shape index (κ1) is 15.1. The zero-order chi connectivity index (χ0) is 15.5. The number of amides is 1. The quantitative estimate of drug-likeness (QED) is 0.612. The number of rotatable bonds is 3. The molecule has 2 heterocycles. The van der Waals surface area contributed by atoms with Crippen LogP contribution in [-0.4, -0.2) is 10.9 Å². The molecular weight excluding hydrogens is 415 g/mol. The fourth-order valence-electron chi connectivity index (χ4n) is 1.86. The number of aromatic nitrogens is 1. The van der Waals surface area contributed by atoms with E-state index in [-0.39, 0.29) is 11.7 Å². The molecule has 0 aliphatic rings. The number of carbonyl (C=O) groups is 1. The molecular formula is C16H10ClIN2O2. The Morgan fingerprint density at radius 1 is 1.09 bits per heavy atom. The minimum atomic E-state index is -0.339. The third-order valence-corrected chi connectivity index (χ3v) is 3.82. The molecule has 0 saturated heterocycles. The fourth-order valence-corrected chi connectivity index (χ4v) is 2.30. The van der Waals surface area contributed by atoms with Crippen molar-refractivity contribution >= 4 is 45.9 Å². The molecule has 0 saturated carbocycles. The number of nitrogens with zero attached hydrogens (tertiary/aromatic N) is 1. The average molecular weight is 425 g/mol.